The van der Waals surface area contributed by atoms with Gasteiger partial charge in [-0.15, -0.1) is 0 Å². The van der Waals surface area contributed by atoms with E-state index in [1.165, 1.54) is 0 Å². The Bertz CT molecular complexity index is 4470. The molecule has 12 heteroatoms. The summed E-state index contributed by atoms with van der Waals surface area (Å²) in [6.07, 6.45) is 13.3. The molecule has 0 saturated heterocycles. The molecule has 7 aliphatic rings. The Labute approximate surface area is 593 Å². The van der Waals surface area contributed by atoms with Gasteiger partial charge in [0.2, 0.25) is 0 Å². The second kappa shape index (κ2) is 35.3. The predicted molar refractivity (Wildman–Crippen MR) is 395 cm³/mol. The Kier molecular flexibility index (Phi) is 24.3. The highest BCUT2D eigenvalue weighted by molar-refractivity contribution is 6.04. The van der Waals surface area contributed by atoms with Gasteiger partial charge in [-0.3, -0.25) is 0 Å². The monoisotopic (exact) mass is 1340 g/mol. The van der Waals surface area contributed by atoms with Crippen LogP contribution in [0.2, 0.25) is 0 Å². The van der Waals surface area contributed by atoms with Crippen molar-refractivity contribution >= 4 is 35.8 Å². The van der Waals surface area contributed by atoms with Crippen molar-refractivity contribution in [2.24, 2.45) is 0 Å². The lowest BCUT2D eigenvalue weighted by atomic mass is 9.91. The fraction of sp³-hybridized carbons (Fsp3) is 0.133. The Balaban J connectivity index is 0.733. The van der Waals surface area contributed by atoms with E-state index in [-0.39, 0.29) is 37.6 Å². The summed E-state index contributed by atoms with van der Waals surface area (Å²) in [5.74, 6) is 21.1. The first-order chi connectivity index (χ1) is 49.9. The molecule has 0 aromatic heterocycles. The highest BCUT2D eigenvalue weighted by Crippen LogP contribution is 2.35. The van der Waals surface area contributed by atoms with E-state index in [2.05, 4.69) is 47.4 Å². The average molecular weight is 1340 g/mol. The van der Waals surface area contributed by atoms with Crippen LogP contribution >= 0.6 is 0 Å². The molecule has 7 heterocycles. The van der Waals surface area contributed by atoms with Crippen LogP contribution in [0, 0.1) is 47.4 Å². The molecule has 2 N–H and O–H groups in total. The molecule has 7 aliphatic heterocycles. The van der Waals surface area contributed by atoms with Crippen LogP contribution in [0.3, 0.4) is 0 Å². The van der Waals surface area contributed by atoms with E-state index in [9.17, 15) is 39.0 Å². The van der Waals surface area contributed by atoms with Crippen molar-refractivity contribution in [1.82, 2.24) is 0 Å². The number of ether oxygens (including phenoxy) is 4. The standard InChI is InChI=1S/C90H68O12/c91-85(92)83-79-27-17-29-81(83)73-51-43-65(44-52-73)33-37-69-21-15-25-77(61-69)89(97)101-57-11-7-3-4-8-12-58-102-90(98)78-26-16-22-70(62-78)38-34-66-45-53-74(54-46-66)82-30-18-28-80(84(82)86(93)94)72-49-41-64(42-50-72)32-36-68-20-14-24-76(60-68)88(96)100-56-10-6-2-1-5-9-55-99-87(95)75-23-13-19-67(59-75)35-31-63-39-47-71(79)48-40-63/h1-4,13-30,39-54,59-62H,5-12,55-58H2,(H,91,92)(H,93,94). The van der Waals surface area contributed by atoms with Crippen LogP contribution in [0.4, 0.5) is 0 Å². The van der Waals surface area contributed by atoms with E-state index in [4.69, 9.17) is 18.9 Å². The number of carboxylic acids is 2. The van der Waals surface area contributed by atoms with Crippen molar-refractivity contribution in [2.75, 3.05) is 26.4 Å². The fourth-order valence-electron chi connectivity index (χ4n) is 11.2. The van der Waals surface area contributed by atoms with Crippen LogP contribution in [-0.2, 0) is 18.9 Å². The quantitative estimate of drug-likeness (QED) is 0.0725. The van der Waals surface area contributed by atoms with Gasteiger partial charge in [-0.1, -0.05) is 181 Å². The highest BCUT2D eigenvalue weighted by Gasteiger charge is 2.21. The molecule has 10 aromatic rings. The van der Waals surface area contributed by atoms with Gasteiger partial charge in [0, 0.05) is 44.5 Å². The maximum absolute atomic E-state index is 13.0. The lowest BCUT2D eigenvalue weighted by molar-refractivity contribution is 0.0491. The maximum atomic E-state index is 13.0. The number of benzene rings is 10. The lowest BCUT2D eigenvalue weighted by Gasteiger charge is -2.12. The number of allylic oxidation sites excluding steroid dienone is 4. The maximum Gasteiger partial charge on any atom is 0.338 e. The van der Waals surface area contributed by atoms with Gasteiger partial charge in [-0.05, 0) is 217 Å². The molecular formula is C90H68O12. The van der Waals surface area contributed by atoms with Crippen molar-refractivity contribution in [1.29, 1.82) is 0 Å². The van der Waals surface area contributed by atoms with Gasteiger partial charge in [0.25, 0.3) is 0 Å². The Morgan fingerprint density at radius 1 is 0.255 bits per heavy atom. The largest absolute Gasteiger partial charge is 0.478 e. The zero-order valence-electron chi connectivity index (χ0n) is 55.7. The van der Waals surface area contributed by atoms with Gasteiger partial charge >= 0.3 is 35.8 Å². The second-order valence-electron chi connectivity index (χ2n) is 23.8. The molecule has 0 spiro atoms. The minimum atomic E-state index is -1.07. The third kappa shape index (κ3) is 19.5. The normalized spacial score (nSPS) is 13.5. The molecule has 0 unspecified atom stereocenters. The second-order valence-corrected chi connectivity index (χ2v) is 23.8. The molecule has 0 aliphatic carbocycles. The summed E-state index contributed by atoms with van der Waals surface area (Å²) >= 11 is 0. The zero-order chi connectivity index (χ0) is 70.8. The fourth-order valence-corrected chi connectivity index (χ4v) is 11.2. The number of aromatic carboxylic acids is 2. The van der Waals surface area contributed by atoms with Crippen molar-refractivity contribution in [3.8, 4) is 91.9 Å². The van der Waals surface area contributed by atoms with Gasteiger partial charge in [-0.2, -0.15) is 0 Å². The van der Waals surface area contributed by atoms with Crippen LogP contribution in [0.25, 0.3) is 44.5 Å². The minimum Gasteiger partial charge on any atom is -0.478 e. The molecular weight excluding hydrogens is 1270 g/mol. The van der Waals surface area contributed by atoms with Crippen molar-refractivity contribution < 1.29 is 57.9 Å². The number of esters is 4. The van der Waals surface area contributed by atoms with E-state index < -0.39 is 35.8 Å². The van der Waals surface area contributed by atoms with Crippen LogP contribution in [0.1, 0.15) is 158 Å². The number of carboxylic acid groups (broad SMARTS) is 2. The molecule has 0 fully saturated rings. The molecule has 0 radical (unpaired) electrons. The van der Waals surface area contributed by atoms with Crippen LogP contribution in [0.15, 0.2) is 255 Å². The van der Waals surface area contributed by atoms with Gasteiger partial charge in [0.15, 0.2) is 0 Å². The van der Waals surface area contributed by atoms with E-state index >= 15 is 0 Å². The molecule has 20 bridgehead atoms. The number of hydrogen-bond acceptors (Lipinski definition) is 10. The van der Waals surface area contributed by atoms with Crippen molar-refractivity contribution in [3.05, 3.63) is 333 Å². The van der Waals surface area contributed by atoms with Gasteiger partial charge in [0.05, 0.1) is 59.8 Å². The van der Waals surface area contributed by atoms with Gasteiger partial charge in [0.1, 0.15) is 0 Å². The molecule has 500 valence electrons. The summed E-state index contributed by atoms with van der Waals surface area (Å²) in [5.41, 5.74) is 12.1. The van der Waals surface area contributed by atoms with E-state index in [0.29, 0.717) is 163 Å². The summed E-state index contributed by atoms with van der Waals surface area (Å²) in [6, 6.07) is 67.8. The third-order valence-electron chi connectivity index (χ3n) is 16.5. The summed E-state index contributed by atoms with van der Waals surface area (Å²) < 4.78 is 22.3. The lowest BCUT2D eigenvalue weighted by Crippen LogP contribution is -2.06. The Hall–Kier alpha value is -13.3. The third-order valence-corrected chi connectivity index (χ3v) is 16.5. The first kappa shape index (κ1) is 70.1. The molecule has 0 atom stereocenters. The smallest absolute Gasteiger partial charge is 0.338 e. The molecule has 102 heavy (non-hydrogen) atoms. The van der Waals surface area contributed by atoms with Crippen LogP contribution in [0.5, 0.6) is 0 Å². The molecule has 0 amide bonds. The van der Waals surface area contributed by atoms with Gasteiger partial charge in [-0.25, -0.2) is 28.8 Å². The van der Waals surface area contributed by atoms with Crippen molar-refractivity contribution in [3.63, 3.8) is 0 Å². The number of rotatable bonds is 2. The van der Waals surface area contributed by atoms with Crippen LogP contribution in [-0.4, -0.2) is 72.5 Å². The van der Waals surface area contributed by atoms with Crippen LogP contribution < -0.4 is 0 Å². The summed E-state index contributed by atoms with van der Waals surface area (Å²) in [5, 5.41) is 21.2. The topological polar surface area (TPSA) is 180 Å². The summed E-state index contributed by atoms with van der Waals surface area (Å²) in [7, 11) is 0. The number of carbonyl (C=O) groups excluding carboxylic acids is 4. The zero-order valence-corrected chi connectivity index (χ0v) is 55.7. The summed E-state index contributed by atoms with van der Waals surface area (Å²) in [4.78, 5) is 78.0. The predicted octanol–water partition coefficient (Wildman–Crippen LogP) is 17.9. The summed E-state index contributed by atoms with van der Waals surface area (Å²) in [6.45, 7) is 0.913. The van der Waals surface area contributed by atoms with E-state index in [1.54, 1.807) is 97.1 Å². The molecule has 17 rings (SSSR count). The molecule has 10 aromatic carbocycles. The average Bonchev–Trinajstić information content (AvgIpc) is 0.792. The van der Waals surface area contributed by atoms with E-state index in [0.717, 1.165) is 0 Å². The first-order valence-corrected chi connectivity index (χ1v) is 33.5. The van der Waals surface area contributed by atoms with Gasteiger partial charge < -0.3 is 29.2 Å². The molecule has 12 nitrogen and oxygen atoms in total. The van der Waals surface area contributed by atoms with E-state index in [1.807, 2.05) is 158 Å². The SMILES string of the molecule is O=C1OCCCC=CCCCOC(=O)c2cccc(c2)C#Cc2ccc(cc2)-c2cccc(c2C(=O)O)-c2ccc(cc2)C#Cc2cccc(c2)C(=O)OCCCC=CCCCOC(=O)c2cccc(c2)C#Cc2ccc(cc2)-c2cccc(c2C(=O)O)-c2ccc(cc2)C#Cc2cccc1c2. The van der Waals surface area contributed by atoms with Crippen molar-refractivity contribution in [2.45, 2.75) is 51.4 Å². The number of carbonyl (C=O) groups is 6. The Morgan fingerprint density at radius 3 is 0.676 bits per heavy atom. The Morgan fingerprint density at radius 2 is 0.461 bits per heavy atom. The number of hydrogen-bond donors (Lipinski definition) is 2. The first-order valence-electron chi connectivity index (χ1n) is 33.5. The highest BCUT2D eigenvalue weighted by atomic mass is 16.5. The minimum absolute atomic E-state index is 0.150. The molecule has 0 saturated carbocycles.